The van der Waals surface area contributed by atoms with Crippen LogP contribution in [0.4, 0.5) is 5.69 Å². The largest absolute Gasteiger partial charge is 0.347 e. The number of carbonyl (C=O) groups excluding carboxylic acids is 2. The molecule has 3 heterocycles. The molecule has 2 amide bonds. The van der Waals surface area contributed by atoms with Gasteiger partial charge in [-0.3, -0.25) is 14.5 Å². The normalized spacial score (nSPS) is 25.8. The molecule has 3 aliphatic heterocycles. The van der Waals surface area contributed by atoms with Crippen molar-refractivity contribution in [2.75, 3.05) is 31.2 Å². The van der Waals surface area contributed by atoms with Crippen LogP contribution in [0.1, 0.15) is 19.3 Å². The Morgan fingerprint density at radius 1 is 0.926 bits per heavy atom. The summed E-state index contributed by atoms with van der Waals surface area (Å²) in [6.07, 6.45) is 1.70. The smallest absolute Gasteiger partial charge is 0.251 e. The molecular weight excluding hydrogens is 344 g/mol. The van der Waals surface area contributed by atoms with Gasteiger partial charge >= 0.3 is 0 Å². The van der Waals surface area contributed by atoms with E-state index >= 15 is 0 Å². The standard InChI is InChI=1S/C21H22N2O4/c24-19-14-18(22-10-8-21(9-11-22)26-12-13-27-21)20(25)23(19)17-7-3-5-15-4-1-2-6-16(15)17/h1-7,18H,8-14H2/t18-/m0/s1. The third-order valence-corrected chi connectivity index (χ3v) is 5.94. The van der Waals surface area contributed by atoms with Crippen molar-refractivity contribution < 1.29 is 19.1 Å². The molecule has 6 nitrogen and oxygen atoms in total. The molecule has 1 spiro atoms. The molecule has 6 heteroatoms. The van der Waals surface area contributed by atoms with Gasteiger partial charge in [-0.1, -0.05) is 36.4 Å². The lowest BCUT2D eigenvalue weighted by Gasteiger charge is -2.39. The van der Waals surface area contributed by atoms with E-state index in [0.717, 1.165) is 23.6 Å². The first kappa shape index (κ1) is 16.9. The number of amides is 2. The summed E-state index contributed by atoms with van der Waals surface area (Å²) in [7, 11) is 0. The molecule has 0 bridgehead atoms. The van der Waals surface area contributed by atoms with Crippen molar-refractivity contribution in [2.24, 2.45) is 0 Å². The van der Waals surface area contributed by atoms with Gasteiger partial charge in [0.05, 0.1) is 31.4 Å². The van der Waals surface area contributed by atoms with E-state index < -0.39 is 11.8 Å². The minimum atomic E-state index is -0.475. The van der Waals surface area contributed by atoms with Gasteiger partial charge < -0.3 is 9.47 Å². The zero-order chi connectivity index (χ0) is 18.4. The fraction of sp³-hybridized carbons (Fsp3) is 0.429. The van der Waals surface area contributed by atoms with Crippen LogP contribution in [0.5, 0.6) is 0 Å². The lowest BCUT2D eigenvalue weighted by atomic mass is 10.0. The van der Waals surface area contributed by atoms with Gasteiger partial charge in [0, 0.05) is 31.3 Å². The number of rotatable bonds is 2. The molecule has 0 radical (unpaired) electrons. The highest BCUT2D eigenvalue weighted by molar-refractivity contribution is 6.25. The van der Waals surface area contributed by atoms with Crippen LogP contribution in [0.3, 0.4) is 0 Å². The highest BCUT2D eigenvalue weighted by atomic mass is 16.7. The van der Waals surface area contributed by atoms with Crippen LogP contribution in [0.25, 0.3) is 10.8 Å². The lowest BCUT2D eigenvalue weighted by molar-refractivity contribution is -0.188. The first-order valence-electron chi connectivity index (χ1n) is 9.53. The maximum absolute atomic E-state index is 13.2. The summed E-state index contributed by atoms with van der Waals surface area (Å²) in [6, 6.07) is 13.2. The van der Waals surface area contributed by atoms with Crippen LogP contribution in [0.2, 0.25) is 0 Å². The molecule has 140 valence electrons. The number of benzene rings is 2. The second-order valence-corrected chi connectivity index (χ2v) is 7.43. The SMILES string of the molecule is O=C1C[C@H](N2CCC3(CC2)OCCO3)C(=O)N1c1cccc2ccccc12. The van der Waals surface area contributed by atoms with E-state index in [2.05, 4.69) is 4.90 Å². The zero-order valence-corrected chi connectivity index (χ0v) is 15.1. The minimum Gasteiger partial charge on any atom is -0.347 e. The molecule has 3 aliphatic rings. The van der Waals surface area contributed by atoms with Crippen LogP contribution >= 0.6 is 0 Å². The third kappa shape index (κ3) is 2.76. The second-order valence-electron chi connectivity index (χ2n) is 7.43. The van der Waals surface area contributed by atoms with Gasteiger partial charge in [-0.15, -0.1) is 0 Å². The van der Waals surface area contributed by atoms with Gasteiger partial charge in [-0.2, -0.15) is 0 Å². The van der Waals surface area contributed by atoms with Crippen molar-refractivity contribution in [3.8, 4) is 0 Å². The topological polar surface area (TPSA) is 59.1 Å². The quantitative estimate of drug-likeness (QED) is 0.764. The summed E-state index contributed by atoms with van der Waals surface area (Å²) in [5.74, 6) is -0.729. The van der Waals surface area contributed by atoms with Crippen LogP contribution in [0.15, 0.2) is 42.5 Å². The van der Waals surface area contributed by atoms with Crippen molar-refractivity contribution >= 4 is 28.3 Å². The number of fused-ring (bicyclic) bond motifs is 1. The number of imide groups is 1. The lowest BCUT2D eigenvalue weighted by Crippen LogP contribution is -2.51. The van der Waals surface area contributed by atoms with Crippen LogP contribution in [-0.2, 0) is 19.1 Å². The van der Waals surface area contributed by atoms with E-state index in [4.69, 9.17) is 9.47 Å². The number of hydrogen-bond donors (Lipinski definition) is 0. The van der Waals surface area contributed by atoms with Gasteiger partial charge in [-0.25, -0.2) is 4.90 Å². The Bertz CT molecular complexity index is 891. The molecule has 0 saturated carbocycles. The van der Waals surface area contributed by atoms with Crippen molar-refractivity contribution in [1.29, 1.82) is 0 Å². The van der Waals surface area contributed by atoms with Gasteiger partial charge in [-0.05, 0) is 11.5 Å². The monoisotopic (exact) mass is 366 g/mol. The van der Waals surface area contributed by atoms with Gasteiger partial charge in [0.1, 0.15) is 0 Å². The molecule has 0 aliphatic carbocycles. The molecular formula is C21H22N2O4. The summed E-state index contributed by atoms with van der Waals surface area (Å²) < 4.78 is 11.5. The summed E-state index contributed by atoms with van der Waals surface area (Å²) >= 11 is 0. The average molecular weight is 366 g/mol. The summed E-state index contributed by atoms with van der Waals surface area (Å²) in [5.41, 5.74) is 0.682. The first-order chi connectivity index (χ1) is 13.2. The summed E-state index contributed by atoms with van der Waals surface area (Å²) in [6.45, 7) is 2.67. The van der Waals surface area contributed by atoms with E-state index in [1.807, 2.05) is 42.5 Å². The number of nitrogens with zero attached hydrogens (tertiary/aromatic N) is 2. The molecule has 0 N–H and O–H groups in total. The number of piperidine rings is 1. The van der Waals surface area contributed by atoms with E-state index in [9.17, 15) is 9.59 Å². The Labute approximate surface area is 157 Å². The van der Waals surface area contributed by atoms with E-state index in [-0.39, 0.29) is 18.2 Å². The molecule has 0 unspecified atom stereocenters. The van der Waals surface area contributed by atoms with Crippen molar-refractivity contribution in [3.63, 3.8) is 0 Å². The average Bonchev–Trinajstić information content (AvgIpc) is 3.27. The highest BCUT2D eigenvalue weighted by Crippen LogP contribution is 2.36. The number of carbonyl (C=O) groups is 2. The molecule has 2 aromatic rings. The minimum absolute atomic E-state index is 0.124. The fourth-order valence-electron chi connectivity index (χ4n) is 4.52. The van der Waals surface area contributed by atoms with E-state index in [1.54, 1.807) is 0 Å². The third-order valence-electron chi connectivity index (χ3n) is 5.94. The number of likely N-dealkylation sites (tertiary alicyclic amines) is 1. The Balaban J connectivity index is 1.39. The summed E-state index contributed by atoms with van der Waals surface area (Å²) in [4.78, 5) is 29.4. The number of hydrogen-bond acceptors (Lipinski definition) is 5. The van der Waals surface area contributed by atoms with Crippen molar-refractivity contribution in [3.05, 3.63) is 42.5 Å². The Morgan fingerprint density at radius 2 is 1.63 bits per heavy atom. The molecule has 3 saturated heterocycles. The Hall–Kier alpha value is -2.28. The zero-order valence-electron chi connectivity index (χ0n) is 15.1. The van der Waals surface area contributed by atoms with Crippen molar-refractivity contribution in [1.82, 2.24) is 4.90 Å². The molecule has 2 aromatic carbocycles. The molecule has 0 aromatic heterocycles. The van der Waals surface area contributed by atoms with Gasteiger partial charge in [0.2, 0.25) is 5.91 Å². The molecule has 5 rings (SSSR count). The summed E-state index contributed by atoms with van der Waals surface area (Å²) in [5, 5.41) is 1.95. The van der Waals surface area contributed by atoms with Crippen LogP contribution < -0.4 is 4.90 Å². The number of anilines is 1. The van der Waals surface area contributed by atoms with E-state index in [1.165, 1.54) is 4.90 Å². The van der Waals surface area contributed by atoms with Crippen molar-refractivity contribution in [2.45, 2.75) is 31.1 Å². The van der Waals surface area contributed by atoms with Gasteiger partial charge in [0.15, 0.2) is 5.79 Å². The predicted molar refractivity (Wildman–Crippen MR) is 100 cm³/mol. The maximum atomic E-state index is 13.2. The fourth-order valence-corrected chi connectivity index (χ4v) is 4.52. The van der Waals surface area contributed by atoms with Crippen LogP contribution in [0, 0.1) is 0 Å². The molecule has 1 atom stereocenters. The second kappa shape index (κ2) is 6.41. The van der Waals surface area contributed by atoms with Crippen LogP contribution in [-0.4, -0.2) is 54.8 Å². The Kier molecular flexibility index (Phi) is 4.00. The predicted octanol–water partition coefficient (Wildman–Crippen LogP) is 2.31. The number of ether oxygens (including phenoxy) is 2. The van der Waals surface area contributed by atoms with E-state index in [0.29, 0.717) is 32.0 Å². The first-order valence-corrected chi connectivity index (χ1v) is 9.53. The maximum Gasteiger partial charge on any atom is 0.251 e. The highest BCUT2D eigenvalue weighted by Gasteiger charge is 2.47. The molecule has 27 heavy (non-hydrogen) atoms. The van der Waals surface area contributed by atoms with Gasteiger partial charge in [0.25, 0.3) is 5.91 Å². The Morgan fingerprint density at radius 3 is 2.41 bits per heavy atom. The molecule has 3 fully saturated rings.